The molecular formula is C21H24N2O4S. The lowest BCUT2D eigenvalue weighted by Gasteiger charge is -2.09. The van der Waals surface area contributed by atoms with Crippen molar-refractivity contribution in [3.05, 3.63) is 53.6 Å². The normalized spacial score (nSPS) is 12.3. The van der Waals surface area contributed by atoms with Gasteiger partial charge in [-0.3, -0.25) is 10.1 Å². The van der Waals surface area contributed by atoms with Crippen molar-refractivity contribution in [1.29, 1.82) is 0 Å². The topological polar surface area (TPSA) is 76.7 Å². The summed E-state index contributed by atoms with van der Waals surface area (Å²) < 4.78 is 9.79. The van der Waals surface area contributed by atoms with Gasteiger partial charge in [0.05, 0.1) is 12.4 Å². The SMILES string of the molecule is COCCOC(=O)Nc1cccc(NC(=O)CSc2ccc3c(c2)CCC3)c1. The minimum Gasteiger partial charge on any atom is -0.447 e. The first-order valence-electron chi connectivity index (χ1n) is 9.21. The van der Waals surface area contributed by atoms with Crippen LogP contribution in [0.15, 0.2) is 47.4 Å². The molecule has 0 saturated carbocycles. The molecule has 2 aromatic rings. The van der Waals surface area contributed by atoms with E-state index in [1.165, 1.54) is 36.4 Å². The van der Waals surface area contributed by atoms with Crippen LogP contribution in [0.3, 0.4) is 0 Å². The zero-order valence-corrected chi connectivity index (χ0v) is 16.6. The van der Waals surface area contributed by atoms with E-state index in [0.29, 0.717) is 23.7 Å². The summed E-state index contributed by atoms with van der Waals surface area (Å²) in [6.45, 7) is 0.518. The van der Waals surface area contributed by atoms with Crippen LogP contribution in [0.5, 0.6) is 0 Å². The van der Waals surface area contributed by atoms with Crippen LogP contribution in [-0.2, 0) is 27.1 Å². The van der Waals surface area contributed by atoms with Crippen LogP contribution in [0.2, 0.25) is 0 Å². The minimum atomic E-state index is -0.562. The Labute approximate surface area is 169 Å². The summed E-state index contributed by atoms with van der Waals surface area (Å²) in [5.41, 5.74) is 4.00. The van der Waals surface area contributed by atoms with Gasteiger partial charge in [-0.2, -0.15) is 0 Å². The second kappa shape index (κ2) is 10.1. The highest BCUT2D eigenvalue weighted by Gasteiger charge is 2.12. The number of methoxy groups -OCH3 is 1. The number of aryl methyl sites for hydroxylation is 2. The van der Waals surface area contributed by atoms with Crippen LogP contribution >= 0.6 is 11.8 Å². The number of anilines is 2. The van der Waals surface area contributed by atoms with Crippen LogP contribution in [0.4, 0.5) is 16.2 Å². The van der Waals surface area contributed by atoms with Crippen molar-refractivity contribution in [1.82, 2.24) is 0 Å². The first-order chi connectivity index (χ1) is 13.6. The van der Waals surface area contributed by atoms with Gasteiger partial charge < -0.3 is 14.8 Å². The summed E-state index contributed by atoms with van der Waals surface area (Å²) in [4.78, 5) is 25.1. The molecule has 0 radical (unpaired) electrons. The summed E-state index contributed by atoms with van der Waals surface area (Å²) in [5, 5.41) is 5.48. The number of thioether (sulfide) groups is 1. The van der Waals surface area contributed by atoms with E-state index in [-0.39, 0.29) is 12.5 Å². The van der Waals surface area contributed by atoms with E-state index in [1.54, 1.807) is 24.3 Å². The van der Waals surface area contributed by atoms with Gasteiger partial charge in [0.25, 0.3) is 0 Å². The third kappa shape index (κ3) is 6.00. The molecule has 2 N–H and O–H groups in total. The molecule has 0 aromatic heterocycles. The van der Waals surface area contributed by atoms with Gasteiger partial charge in [0.2, 0.25) is 5.91 Å². The van der Waals surface area contributed by atoms with Gasteiger partial charge in [-0.05, 0) is 60.7 Å². The molecule has 0 aliphatic heterocycles. The first-order valence-corrected chi connectivity index (χ1v) is 10.2. The van der Waals surface area contributed by atoms with Crippen LogP contribution in [-0.4, -0.2) is 38.1 Å². The number of hydrogen-bond acceptors (Lipinski definition) is 5. The van der Waals surface area contributed by atoms with Crippen molar-refractivity contribution in [2.75, 3.05) is 36.7 Å². The second-order valence-electron chi connectivity index (χ2n) is 6.46. The molecule has 28 heavy (non-hydrogen) atoms. The minimum absolute atomic E-state index is 0.0923. The van der Waals surface area contributed by atoms with E-state index in [9.17, 15) is 9.59 Å². The number of nitrogens with one attached hydrogen (secondary N) is 2. The maximum atomic E-state index is 12.3. The number of rotatable bonds is 8. The molecular weight excluding hydrogens is 376 g/mol. The number of carbonyl (C=O) groups is 2. The molecule has 0 heterocycles. The fraction of sp³-hybridized carbons (Fsp3) is 0.333. The van der Waals surface area contributed by atoms with Gasteiger partial charge in [0, 0.05) is 23.4 Å². The monoisotopic (exact) mass is 400 g/mol. The third-order valence-electron chi connectivity index (χ3n) is 4.35. The summed E-state index contributed by atoms with van der Waals surface area (Å²) in [5.74, 6) is 0.237. The van der Waals surface area contributed by atoms with Crippen molar-refractivity contribution in [3.63, 3.8) is 0 Å². The molecule has 0 atom stereocenters. The van der Waals surface area contributed by atoms with Crippen LogP contribution < -0.4 is 10.6 Å². The standard InChI is InChI=1S/C21H24N2O4S/c1-26-10-11-27-21(25)23-18-7-3-6-17(13-18)22-20(24)14-28-19-9-8-15-4-2-5-16(15)12-19/h3,6-9,12-13H,2,4-5,10-11,14H2,1H3,(H,22,24)(H,23,25). The second-order valence-corrected chi connectivity index (χ2v) is 7.50. The number of hydrogen-bond donors (Lipinski definition) is 2. The predicted octanol–water partition coefficient (Wildman–Crippen LogP) is 4.10. The first kappa shape index (κ1) is 20.2. The lowest BCUT2D eigenvalue weighted by atomic mass is 10.1. The van der Waals surface area contributed by atoms with Gasteiger partial charge in [-0.1, -0.05) is 12.1 Å². The van der Waals surface area contributed by atoms with Crippen molar-refractivity contribution in [2.24, 2.45) is 0 Å². The van der Waals surface area contributed by atoms with E-state index < -0.39 is 6.09 Å². The van der Waals surface area contributed by atoms with Crippen molar-refractivity contribution >= 4 is 35.1 Å². The van der Waals surface area contributed by atoms with Crippen molar-refractivity contribution in [3.8, 4) is 0 Å². The average molecular weight is 401 g/mol. The van der Waals surface area contributed by atoms with Gasteiger partial charge in [0.15, 0.2) is 0 Å². The van der Waals surface area contributed by atoms with Crippen LogP contribution in [0.25, 0.3) is 0 Å². The largest absolute Gasteiger partial charge is 0.447 e. The fourth-order valence-electron chi connectivity index (χ4n) is 3.03. The summed E-state index contributed by atoms with van der Waals surface area (Å²) >= 11 is 1.53. The summed E-state index contributed by atoms with van der Waals surface area (Å²) in [6, 6.07) is 13.4. The number of benzene rings is 2. The predicted molar refractivity (Wildman–Crippen MR) is 111 cm³/mol. The third-order valence-corrected chi connectivity index (χ3v) is 5.35. The summed E-state index contributed by atoms with van der Waals surface area (Å²) in [6.07, 6.45) is 2.94. The Morgan fingerprint density at radius 3 is 2.61 bits per heavy atom. The Kier molecular flexibility index (Phi) is 7.33. The van der Waals surface area contributed by atoms with Gasteiger partial charge >= 0.3 is 6.09 Å². The lowest BCUT2D eigenvalue weighted by Crippen LogP contribution is -2.17. The number of ether oxygens (including phenoxy) is 2. The van der Waals surface area contributed by atoms with Gasteiger partial charge in [-0.25, -0.2) is 4.79 Å². The van der Waals surface area contributed by atoms with Crippen LogP contribution in [0.1, 0.15) is 17.5 Å². The quantitative estimate of drug-likeness (QED) is 0.515. The molecule has 3 rings (SSSR count). The highest BCUT2D eigenvalue weighted by Crippen LogP contribution is 2.27. The molecule has 0 bridgehead atoms. The van der Waals surface area contributed by atoms with Gasteiger partial charge in [0.1, 0.15) is 6.61 Å². The Morgan fingerprint density at radius 2 is 1.79 bits per heavy atom. The van der Waals surface area contributed by atoms with E-state index in [4.69, 9.17) is 9.47 Å². The average Bonchev–Trinajstić information content (AvgIpc) is 3.15. The number of fused-ring (bicyclic) bond motifs is 1. The Balaban J connectivity index is 1.48. The summed E-state index contributed by atoms with van der Waals surface area (Å²) in [7, 11) is 1.54. The molecule has 0 spiro atoms. The Morgan fingerprint density at radius 1 is 1.00 bits per heavy atom. The van der Waals surface area contributed by atoms with E-state index in [2.05, 4.69) is 28.8 Å². The number of carbonyl (C=O) groups excluding carboxylic acids is 2. The molecule has 0 fully saturated rings. The van der Waals surface area contributed by atoms with E-state index in [0.717, 1.165) is 17.7 Å². The molecule has 7 heteroatoms. The zero-order valence-electron chi connectivity index (χ0n) is 15.8. The van der Waals surface area contributed by atoms with Crippen molar-refractivity contribution in [2.45, 2.75) is 24.2 Å². The Hall–Kier alpha value is -2.51. The molecule has 0 saturated heterocycles. The van der Waals surface area contributed by atoms with Crippen molar-refractivity contribution < 1.29 is 19.1 Å². The maximum Gasteiger partial charge on any atom is 0.411 e. The molecule has 6 nitrogen and oxygen atoms in total. The molecule has 0 unspecified atom stereocenters. The maximum absolute atomic E-state index is 12.3. The highest BCUT2D eigenvalue weighted by atomic mass is 32.2. The fourth-order valence-corrected chi connectivity index (χ4v) is 3.79. The van der Waals surface area contributed by atoms with Gasteiger partial charge in [-0.15, -0.1) is 11.8 Å². The molecule has 148 valence electrons. The highest BCUT2D eigenvalue weighted by molar-refractivity contribution is 8.00. The lowest BCUT2D eigenvalue weighted by molar-refractivity contribution is -0.113. The molecule has 1 aliphatic rings. The smallest absolute Gasteiger partial charge is 0.411 e. The molecule has 1 aliphatic carbocycles. The molecule has 2 amide bonds. The number of amides is 2. The zero-order chi connectivity index (χ0) is 19.8. The van der Waals surface area contributed by atoms with E-state index >= 15 is 0 Å². The Bertz CT molecular complexity index is 841. The van der Waals surface area contributed by atoms with E-state index in [1.807, 2.05) is 0 Å². The van der Waals surface area contributed by atoms with Crippen LogP contribution in [0, 0.1) is 0 Å². The molecule has 2 aromatic carbocycles.